The lowest BCUT2D eigenvalue weighted by Gasteiger charge is -2.41. The largest absolute Gasteiger partial charge is 0.482 e. The normalized spacial score (nSPS) is 18.9. The predicted octanol–water partition coefficient (Wildman–Crippen LogP) is 4.10. The molecule has 1 atom stereocenters. The van der Waals surface area contributed by atoms with E-state index in [0.717, 1.165) is 0 Å². The Morgan fingerprint density at radius 1 is 1.06 bits per heavy atom. The number of carbonyl (C=O) groups excluding carboxylic acids is 1. The van der Waals surface area contributed by atoms with Crippen molar-refractivity contribution in [3.8, 4) is 11.8 Å². The first kappa shape index (κ1) is 25.0. The van der Waals surface area contributed by atoms with Crippen LogP contribution in [0.4, 0.5) is 30.7 Å². The van der Waals surface area contributed by atoms with Gasteiger partial charge in [0, 0.05) is 6.42 Å². The first-order valence-corrected chi connectivity index (χ1v) is 9.39. The van der Waals surface area contributed by atoms with E-state index in [9.17, 15) is 40.6 Å². The fourth-order valence-corrected chi connectivity index (χ4v) is 3.16. The molecule has 180 valence electrons. The van der Waals surface area contributed by atoms with Crippen molar-refractivity contribution >= 4 is 11.6 Å². The molecule has 0 bridgehead atoms. The van der Waals surface area contributed by atoms with Crippen molar-refractivity contribution < 1.29 is 45.4 Å². The second kappa shape index (κ2) is 8.60. The Hall–Kier alpha value is -3.66. The summed E-state index contributed by atoms with van der Waals surface area (Å²) >= 11 is 0. The van der Waals surface area contributed by atoms with Gasteiger partial charge in [0.1, 0.15) is 11.8 Å². The first-order valence-electron chi connectivity index (χ1n) is 9.39. The molecule has 0 saturated carbocycles. The highest BCUT2D eigenvalue weighted by atomic mass is 19.4. The molecule has 2 aromatic carbocycles. The number of benzene rings is 2. The van der Waals surface area contributed by atoms with Crippen LogP contribution >= 0.6 is 0 Å². The lowest BCUT2D eigenvalue weighted by Crippen LogP contribution is -2.69. The third-order valence-electron chi connectivity index (χ3n) is 4.94. The van der Waals surface area contributed by atoms with Gasteiger partial charge in [-0.2, -0.15) is 46.1 Å². The summed E-state index contributed by atoms with van der Waals surface area (Å²) in [5.74, 6) is -14.8. The molecule has 1 aliphatic rings. The number of nitriles is 1. The highest BCUT2D eigenvalue weighted by Gasteiger charge is 2.82. The predicted molar refractivity (Wildman–Crippen MR) is 102 cm³/mol. The van der Waals surface area contributed by atoms with Crippen molar-refractivity contribution in [3.05, 3.63) is 65.7 Å². The molecule has 1 N–H and O–H groups in total. The van der Waals surface area contributed by atoms with E-state index in [4.69, 9.17) is 10.00 Å². The number of nitrogens with zero attached hydrogens (tertiary/aromatic N) is 3. The number of carbonyl (C=O) groups is 1. The summed E-state index contributed by atoms with van der Waals surface area (Å²) in [5.41, 5.74) is -4.99. The Labute approximate surface area is 187 Å². The number of alkyl halides is 7. The van der Waals surface area contributed by atoms with Gasteiger partial charge in [0.05, 0.1) is 11.3 Å². The van der Waals surface area contributed by atoms with Gasteiger partial charge in [0.15, 0.2) is 6.61 Å². The van der Waals surface area contributed by atoms with Crippen LogP contribution in [0.2, 0.25) is 0 Å². The van der Waals surface area contributed by atoms with Crippen molar-refractivity contribution in [2.45, 2.75) is 30.2 Å². The summed E-state index contributed by atoms with van der Waals surface area (Å²) in [5, 5.41) is 22.5. The minimum atomic E-state index is -6.75. The Bertz CT molecular complexity index is 1150. The third kappa shape index (κ3) is 4.05. The molecule has 2 aromatic rings. The van der Waals surface area contributed by atoms with Gasteiger partial charge < -0.3 is 9.84 Å². The minimum Gasteiger partial charge on any atom is -0.482 e. The molecule has 6 nitrogen and oxygen atoms in total. The number of para-hydroxylation sites is 1. The molecule has 0 radical (unpaired) electrons. The second-order valence-corrected chi connectivity index (χ2v) is 7.15. The molecule has 1 amide bonds. The lowest BCUT2D eigenvalue weighted by molar-refractivity contribution is -0.401. The maximum Gasteiger partial charge on any atom is 0.460 e. The van der Waals surface area contributed by atoms with Crippen LogP contribution in [-0.4, -0.2) is 52.1 Å². The van der Waals surface area contributed by atoms with Crippen molar-refractivity contribution in [2.24, 2.45) is 5.10 Å². The van der Waals surface area contributed by atoms with Gasteiger partial charge in [-0.3, -0.25) is 4.79 Å². The zero-order chi connectivity index (χ0) is 25.4. The smallest absolute Gasteiger partial charge is 0.460 e. The Balaban J connectivity index is 2.01. The molecule has 0 saturated heterocycles. The molecule has 1 aliphatic heterocycles. The summed E-state index contributed by atoms with van der Waals surface area (Å²) in [4.78, 5) is 12.6. The van der Waals surface area contributed by atoms with Gasteiger partial charge in [0.25, 0.3) is 5.91 Å². The maximum atomic E-state index is 14.7. The first-order chi connectivity index (χ1) is 15.8. The zero-order valence-electron chi connectivity index (χ0n) is 16.9. The summed E-state index contributed by atoms with van der Waals surface area (Å²) in [6.45, 7) is -1.21. The van der Waals surface area contributed by atoms with E-state index in [2.05, 4.69) is 5.10 Å². The Morgan fingerprint density at radius 2 is 1.65 bits per heavy atom. The van der Waals surface area contributed by atoms with E-state index in [1.807, 2.05) is 0 Å². The number of aliphatic hydroxyl groups is 1. The molecule has 3 rings (SSSR count). The summed E-state index contributed by atoms with van der Waals surface area (Å²) < 4.78 is 101. The fraction of sp³-hybridized carbons (Fsp3) is 0.286. The van der Waals surface area contributed by atoms with Gasteiger partial charge >= 0.3 is 18.0 Å². The van der Waals surface area contributed by atoms with E-state index < -0.39 is 53.4 Å². The molecule has 0 fully saturated rings. The standard InChI is InChI=1S/C21H14F7N3O3/c22-19(23,20(24,25)21(26,27)28)18(33)10-15(13-6-2-1-3-7-13)30-31(18)17(32)12-34-16-9-5-4-8-14(16)11-29/h1-9,33H,10,12H2/t18-/m1/s1. The molecular weight excluding hydrogens is 475 g/mol. The minimum absolute atomic E-state index is 0.00176. The average Bonchev–Trinajstić information content (AvgIpc) is 3.16. The SMILES string of the molecule is N#Cc1ccccc1OCC(=O)N1N=C(c2ccccc2)C[C@@]1(O)C(F)(F)C(F)(F)C(F)(F)F. The van der Waals surface area contributed by atoms with Crippen molar-refractivity contribution in [1.29, 1.82) is 5.26 Å². The fourth-order valence-electron chi connectivity index (χ4n) is 3.16. The van der Waals surface area contributed by atoms with Crippen LogP contribution in [0.5, 0.6) is 5.75 Å². The number of hydrogen-bond acceptors (Lipinski definition) is 5. The summed E-state index contributed by atoms with van der Waals surface area (Å²) in [7, 11) is 0. The number of hydrogen-bond donors (Lipinski definition) is 1. The Kier molecular flexibility index (Phi) is 6.32. The highest BCUT2D eigenvalue weighted by Crippen LogP contribution is 2.54. The van der Waals surface area contributed by atoms with Crippen molar-refractivity contribution in [2.75, 3.05) is 6.61 Å². The quantitative estimate of drug-likeness (QED) is 0.620. The number of hydrazone groups is 1. The van der Waals surface area contributed by atoms with Gasteiger partial charge in [-0.25, -0.2) is 0 Å². The van der Waals surface area contributed by atoms with Crippen molar-refractivity contribution in [3.63, 3.8) is 0 Å². The van der Waals surface area contributed by atoms with Crippen LogP contribution in [0.15, 0.2) is 59.7 Å². The monoisotopic (exact) mass is 489 g/mol. The van der Waals surface area contributed by atoms with E-state index in [1.165, 1.54) is 54.6 Å². The van der Waals surface area contributed by atoms with Crippen LogP contribution in [0.1, 0.15) is 17.5 Å². The topological polar surface area (TPSA) is 85.9 Å². The number of rotatable bonds is 6. The maximum absolute atomic E-state index is 14.7. The van der Waals surface area contributed by atoms with Gasteiger partial charge in [-0.15, -0.1) is 0 Å². The van der Waals surface area contributed by atoms with Crippen LogP contribution in [0.3, 0.4) is 0 Å². The van der Waals surface area contributed by atoms with Gasteiger partial charge in [0.2, 0.25) is 5.72 Å². The van der Waals surface area contributed by atoms with E-state index in [-0.39, 0.29) is 16.9 Å². The molecule has 0 aromatic heterocycles. The molecule has 1 heterocycles. The van der Waals surface area contributed by atoms with Crippen LogP contribution in [0, 0.1) is 11.3 Å². The average molecular weight is 489 g/mol. The van der Waals surface area contributed by atoms with E-state index in [1.54, 1.807) is 6.07 Å². The second-order valence-electron chi connectivity index (χ2n) is 7.15. The lowest BCUT2D eigenvalue weighted by atomic mass is 9.91. The van der Waals surface area contributed by atoms with Crippen LogP contribution in [0.25, 0.3) is 0 Å². The molecule has 34 heavy (non-hydrogen) atoms. The van der Waals surface area contributed by atoms with Gasteiger partial charge in [-0.05, 0) is 17.7 Å². The zero-order valence-corrected chi connectivity index (χ0v) is 16.9. The van der Waals surface area contributed by atoms with Crippen LogP contribution < -0.4 is 4.74 Å². The summed E-state index contributed by atoms with van der Waals surface area (Å²) in [6.07, 6.45) is -8.28. The number of halogens is 7. The summed E-state index contributed by atoms with van der Waals surface area (Å²) in [6, 6.07) is 13.9. The molecular formula is C21H14F7N3O3. The molecule has 13 heteroatoms. The third-order valence-corrected chi connectivity index (χ3v) is 4.94. The molecule has 0 unspecified atom stereocenters. The van der Waals surface area contributed by atoms with Crippen LogP contribution in [-0.2, 0) is 4.79 Å². The highest BCUT2D eigenvalue weighted by molar-refractivity contribution is 6.03. The van der Waals surface area contributed by atoms with E-state index in [0.29, 0.717) is 0 Å². The van der Waals surface area contributed by atoms with E-state index >= 15 is 0 Å². The molecule has 0 aliphatic carbocycles. The Morgan fingerprint density at radius 3 is 2.24 bits per heavy atom. The molecule has 0 spiro atoms. The van der Waals surface area contributed by atoms with Gasteiger partial charge in [-0.1, -0.05) is 42.5 Å². The van der Waals surface area contributed by atoms with Crippen molar-refractivity contribution in [1.82, 2.24) is 5.01 Å². The number of amides is 1. The number of ether oxygens (including phenoxy) is 1.